The number of fused-ring (bicyclic) bond motifs is 1. The summed E-state index contributed by atoms with van der Waals surface area (Å²) in [7, 11) is 0. The highest BCUT2D eigenvalue weighted by molar-refractivity contribution is 5.88. The van der Waals surface area contributed by atoms with Gasteiger partial charge in [0.25, 0.3) is 0 Å². The number of aromatic nitrogens is 2. The van der Waals surface area contributed by atoms with Crippen LogP contribution in [0.2, 0.25) is 0 Å². The molecule has 3 aromatic rings. The summed E-state index contributed by atoms with van der Waals surface area (Å²) in [4.78, 5) is 17.7. The lowest BCUT2D eigenvalue weighted by atomic mass is 9.78. The van der Waals surface area contributed by atoms with Gasteiger partial charge in [0.1, 0.15) is 11.6 Å². The van der Waals surface area contributed by atoms with Gasteiger partial charge in [-0.25, -0.2) is 9.37 Å². The topological polar surface area (TPSA) is 46.9 Å². The fourth-order valence-electron chi connectivity index (χ4n) is 4.34. The Morgan fingerprint density at radius 2 is 1.96 bits per heavy atom. The zero-order valence-electron chi connectivity index (χ0n) is 15.5. The van der Waals surface area contributed by atoms with E-state index in [-0.39, 0.29) is 11.7 Å². The maximum absolute atomic E-state index is 13.7. The van der Waals surface area contributed by atoms with Crippen LogP contribution < -0.4 is 5.32 Å². The largest absolute Gasteiger partial charge is 0.354 e. The smallest absolute Gasteiger partial charge is 0.230 e. The lowest BCUT2D eigenvalue weighted by Crippen LogP contribution is -2.43. The Bertz CT molecular complexity index is 973. The Morgan fingerprint density at radius 3 is 2.74 bits per heavy atom. The number of hydrogen-bond acceptors (Lipinski definition) is 2. The first-order chi connectivity index (χ1) is 13.1. The van der Waals surface area contributed by atoms with Crippen LogP contribution in [0.4, 0.5) is 4.39 Å². The van der Waals surface area contributed by atoms with Gasteiger partial charge >= 0.3 is 0 Å². The molecule has 0 saturated heterocycles. The van der Waals surface area contributed by atoms with Crippen molar-refractivity contribution >= 4 is 16.9 Å². The van der Waals surface area contributed by atoms with Crippen LogP contribution in [0.5, 0.6) is 0 Å². The summed E-state index contributed by atoms with van der Waals surface area (Å²) in [6.07, 6.45) is 3.54. The van der Waals surface area contributed by atoms with Crippen LogP contribution in [-0.4, -0.2) is 22.0 Å². The van der Waals surface area contributed by atoms with E-state index in [0.29, 0.717) is 13.1 Å². The highest BCUT2D eigenvalue weighted by Crippen LogP contribution is 2.41. The number of halogens is 1. The number of nitrogens with zero attached hydrogens (tertiary/aromatic N) is 2. The molecule has 1 N–H and O–H groups in total. The Hall–Kier alpha value is -2.69. The van der Waals surface area contributed by atoms with E-state index in [1.54, 1.807) is 6.07 Å². The van der Waals surface area contributed by atoms with Crippen molar-refractivity contribution in [2.24, 2.45) is 0 Å². The van der Waals surface area contributed by atoms with E-state index < -0.39 is 5.41 Å². The van der Waals surface area contributed by atoms with E-state index in [2.05, 4.69) is 14.9 Å². The van der Waals surface area contributed by atoms with E-state index in [1.165, 1.54) is 12.1 Å². The van der Waals surface area contributed by atoms with Gasteiger partial charge in [0.15, 0.2) is 0 Å². The summed E-state index contributed by atoms with van der Waals surface area (Å²) in [6.45, 7) is 3.17. The summed E-state index contributed by atoms with van der Waals surface area (Å²) in [5.41, 5.74) is 2.23. The maximum Gasteiger partial charge on any atom is 0.230 e. The van der Waals surface area contributed by atoms with Gasteiger partial charge in [-0.15, -0.1) is 0 Å². The molecule has 27 heavy (non-hydrogen) atoms. The Morgan fingerprint density at radius 1 is 1.19 bits per heavy atom. The number of amides is 1. The second-order valence-corrected chi connectivity index (χ2v) is 7.35. The first-order valence-corrected chi connectivity index (χ1v) is 9.56. The van der Waals surface area contributed by atoms with Gasteiger partial charge in [-0.2, -0.15) is 0 Å². The SMILES string of the molecule is Cc1nc2ccccc2n1CCNC(=O)C1(c2cccc(F)c2)CCCC1. The van der Waals surface area contributed by atoms with Crippen molar-refractivity contribution in [2.45, 2.75) is 44.6 Å². The molecule has 2 aromatic carbocycles. The van der Waals surface area contributed by atoms with Crippen LogP contribution in [0, 0.1) is 12.7 Å². The molecule has 140 valence electrons. The summed E-state index contributed by atoms with van der Waals surface area (Å²) in [5.74, 6) is 0.658. The normalized spacial score (nSPS) is 15.9. The third kappa shape index (κ3) is 3.22. The fraction of sp³-hybridized carbons (Fsp3) is 0.364. The average Bonchev–Trinajstić information content (AvgIpc) is 3.28. The molecule has 0 aliphatic heterocycles. The Kier molecular flexibility index (Phi) is 4.68. The summed E-state index contributed by atoms with van der Waals surface area (Å²) >= 11 is 0. The Labute approximate surface area is 158 Å². The van der Waals surface area contributed by atoms with Gasteiger partial charge in [-0.1, -0.05) is 37.1 Å². The number of rotatable bonds is 5. The van der Waals surface area contributed by atoms with E-state index in [0.717, 1.165) is 48.1 Å². The molecule has 0 bridgehead atoms. The molecule has 1 amide bonds. The summed E-state index contributed by atoms with van der Waals surface area (Å²) < 4.78 is 15.9. The van der Waals surface area contributed by atoms with E-state index in [9.17, 15) is 9.18 Å². The first-order valence-electron chi connectivity index (χ1n) is 9.56. The molecule has 5 heteroatoms. The third-order valence-electron chi connectivity index (χ3n) is 5.74. The van der Waals surface area contributed by atoms with E-state index >= 15 is 0 Å². The molecular formula is C22H24FN3O. The van der Waals surface area contributed by atoms with E-state index in [4.69, 9.17) is 0 Å². The zero-order chi connectivity index (χ0) is 18.9. The molecule has 0 atom stereocenters. The molecule has 1 heterocycles. The number of carbonyl (C=O) groups excluding carboxylic acids is 1. The lowest BCUT2D eigenvalue weighted by molar-refractivity contribution is -0.126. The molecule has 4 rings (SSSR count). The summed E-state index contributed by atoms with van der Waals surface area (Å²) in [5, 5.41) is 3.10. The van der Waals surface area contributed by atoms with Crippen molar-refractivity contribution in [2.75, 3.05) is 6.54 Å². The van der Waals surface area contributed by atoms with Crippen molar-refractivity contribution in [3.63, 3.8) is 0 Å². The molecule has 4 nitrogen and oxygen atoms in total. The van der Waals surface area contributed by atoms with Crippen molar-refractivity contribution in [1.82, 2.24) is 14.9 Å². The highest BCUT2D eigenvalue weighted by atomic mass is 19.1. The molecule has 1 fully saturated rings. The lowest BCUT2D eigenvalue weighted by Gasteiger charge is -2.28. The zero-order valence-corrected chi connectivity index (χ0v) is 15.5. The van der Waals surface area contributed by atoms with Crippen LogP contribution in [0.15, 0.2) is 48.5 Å². The average molecular weight is 365 g/mol. The van der Waals surface area contributed by atoms with Crippen molar-refractivity contribution < 1.29 is 9.18 Å². The fourth-order valence-corrected chi connectivity index (χ4v) is 4.34. The number of hydrogen-bond donors (Lipinski definition) is 1. The molecule has 0 spiro atoms. The number of aryl methyl sites for hydroxylation is 1. The van der Waals surface area contributed by atoms with Gasteiger partial charge in [0, 0.05) is 13.1 Å². The van der Waals surface area contributed by atoms with Gasteiger partial charge in [-0.05, 0) is 49.6 Å². The molecule has 1 aromatic heterocycles. The predicted octanol–water partition coefficient (Wildman–Crippen LogP) is 4.11. The van der Waals surface area contributed by atoms with Crippen LogP contribution in [0.3, 0.4) is 0 Å². The summed E-state index contributed by atoms with van der Waals surface area (Å²) in [6, 6.07) is 14.5. The standard InChI is InChI=1S/C22H24FN3O/c1-16-25-19-9-2-3-10-20(19)26(16)14-13-24-21(27)22(11-4-5-12-22)17-7-6-8-18(23)15-17/h2-3,6-10,15H,4-5,11-14H2,1H3,(H,24,27). The molecular weight excluding hydrogens is 341 g/mol. The molecule has 0 unspecified atom stereocenters. The number of imidazole rings is 1. The van der Waals surface area contributed by atoms with Gasteiger partial charge in [0.2, 0.25) is 5.91 Å². The maximum atomic E-state index is 13.7. The van der Waals surface area contributed by atoms with Crippen LogP contribution in [-0.2, 0) is 16.8 Å². The number of nitrogens with one attached hydrogen (secondary N) is 1. The van der Waals surface area contributed by atoms with Crippen LogP contribution in [0.25, 0.3) is 11.0 Å². The van der Waals surface area contributed by atoms with E-state index in [1.807, 2.05) is 37.3 Å². The van der Waals surface area contributed by atoms with Gasteiger partial charge in [0.05, 0.1) is 16.4 Å². The second kappa shape index (κ2) is 7.14. The quantitative estimate of drug-likeness (QED) is 0.740. The Balaban J connectivity index is 1.50. The molecule has 1 aliphatic carbocycles. The molecule has 0 radical (unpaired) electrons. The molecule has 1 aliphatic rings. The number of benzene rings is 2. The minimum atomic E-state index is -0.603. The van der Waals surface area contributed by atoms with Crippen molar-refractivity contribution in [3.8, 4) is 0 Å². The minimum absolute atomic E-state index is 0.00711. The monoisotopic (exact) mass is 365 g/mol. The van der Waals surface area contributed by atoms with Crippen molar-refractivity contribution in [1.29, 1.82) is 0 Å². The highest BCUT2D eigenvalue weighted by Gasteiger charge is 2.42. The van der Waals surface area contributed by atoms with Gasteiger partial charge in [-0.3, -0.25) is 4.79 Å². The van der Waals surface area contributed by atoms with Gasteiger partial charge < -0.3 is 9.88 Å². The predicted molar refractivity (Wildman–Crippen MR) is 104 cm³/mol. The minimum Gasteiger partial charge on any atom is -0.354 e. The first kappa shape index (κ1) is 17.7. The van der Waals surface area contributed by atoms with Crippen LogP contribution >= 0.6 is 0 Å². The number of para-hydroxylation sites is 2. The number of carbonyl (C=O) groups is 1. The van der Waals surface area contributed by atoms with Crippen LogP contribution in [0.1, 0.15) is 37.1 Å². The van der Waals surface area contributed by atoms with Crippen molar-refractivity contribution in [3.05, 3.63) is 65.7 Å². The third-order valence-corrected chi connectivity index (χ3v) is 5.74. The molecule has 1 saturated carbocycles. The second-order valence-electron chi connectivity index (χ2n) is 7.35.